The molecule has 1 aromatic rings. The molecular weight excluding hydrogens is 284 g/mol. The summed E-state index contributed by atoms with van der Waals surface area (Å²) in [5.41, 5.74) is 2.17. The largest absolute Gasteiger partial charge is 0.493 e. The molecule has 0 aliphatic rings. The first kappa shape index (κ1) is 18.6. The summed E-state index contributed by atoms with van der Waals surface area (Å²) in [4.78, 5) is 0. The Morgan fingerprint density at radius 3 is 2.09 bits per heavy atom. The third-order valence-electron chi connectivity index (χ3n) is 3.57. The first-order valence-corrected chi connectivity index (χ1v) is 7.60. The minimum absolute atomic E-state index is 0.0739. The molecule has 0 N–H and O–H groups in total. The zero-order chi connectivity index (χ0) is 16.5. The number of ether oxygens (including phenoxy) is 5. The van der Waals surface area contributed by atoms with E-state index in [0.29, 0.717) is 11.5 Å². The maximum Gasteiger partial charge on any atom is 0.203 e. The molecule has 0 aliphatic heterocycles. The standard InChI is InChI=1S/C17H28O5/c1-7-9-12-13(14(8-2)22-11-18-3)10-15(19-4)17(21-6)16(12)20-5/h10,14H,7-9,11H2,1-6H3. The monoisotopic (exact) mass is 312 g/mol. The van der Waals surface area contributed by atoms with Crippen LogP contribution in [-0.4, -0.2) is 35.2 Å². The van der Waals surface area contributed by atoms with Gasteiger partial charge in [0.15, 0.2) is 11.5 Å². The van der Waals surface area contributed by atoms with Crippen LogP contribution < -0.4 is 14.2 Å². The maximum atomic E-state index is 5.81. The lowest BCUT2D eigenvalue weighted by Gasteiger charge is -2.24. The van der Waals surface area contributed by atoms with Crippen LogP contribution in [0.25, 0.3) is 0 Å². The summed E-state index contributed by atoms with van der Waals surface area (Å²) in [5.74, 6) is 1.99. The van der Waals surface area contributed by atoms with Gasteiger partial charge in [0, 0.05) is 12.7 Å². The van der Waals surface area contributed by atoms with Gasteiger partial charge in [-0.3, -0.25) is 0 Å². The summed E-state index contributed by atoms with van der Waals surface area (Å²) in [6.07, 6.45) is 2.64. The van der Waals surface area contributed by atoms with Crippen molar-refractivity contribution in [1.82, 2.24) is 0 Å². The zero-order valence-electron chi connectivity index (χ0n) is 14.5. The van der Waals surface area contributed by atoms with Gasteiger partial charge in [0.25, 0.3) is 0 Å². The summed E-state index contributed by atoms with van der Waals surface area (Å²) in [6, 6.07) is 1.98. The zero-order valence-corrected chi connectivity index (χ0v) is 14.5. The van der Waals surface area contributed by atoms with Crippen molar-refractivity contribution in [2.45, 2.75) is 39.2 Å². The normalized spacial score (nSPS) is 12.1. The lowest BCUT2D eigenvalue weighted by molar-refractivity contribution is -0.0746. The molecule has 1 unspecified atom stereocenters. The molecular formula is C17H28O5. The van der Waals surface area contributed by atoms with Gasteiger partial charge in [0.2, 0.25) is 5.75 Å². The topological polar surface area (TPSA) is 46.2 Å². The molecule has 1 atom stereocenters. The lowest BCUT2D eigenvalue weighted by atomic mass is 9.95. The van der Waals surface area contributed by atoms with Gasteiger partial charge in [-0.1, -0.05) is 20.3 Å². The average molecular weight is 312 g/mol. The molecule has 0 heterocycles. The number of rotatable bonds is 10. The van der Waals surface area contributed by atoms with Crippen molar-refractivity contribution in [2.24, 2.45) is 0 Å². The van der Waals surface area contributed by atoms with Gasteiger partial charge >= 0.3 is 0 Å². The molecule has 5 nitrogen and oxygen atoms in total. The third kappa shape index (κ3) is 4.05. The Bertz CT molecular complexity index is 459. The molecule has 22 heavy (non-hydrogen) atoms. The smallest absolute Gasteiger partial charge is 0.203 e. The fraction of sp³-hybridized carbons (Fsp3) is 0.647. The molecule has 0 saturated heterocycles. The van der Waals surface area contributed by atoms with Crippen molar-refractivity contribution >= 4 is 0 Å². The second kappa shape index (κ2) is 9.54. The average Bonchev–Trinajstić information content (AvgIpc) is 2.55. The Hall–Kier alpha value is -1.46. The number of methoxy groups -OCH3 is 4. The Morgan fingerprint density at radius 2 is 1.64 bits per heavy atom. The maximum absolute atomic E-state index is 5.81. The van der Waals surface area contributed by atoms with Crippen LogP contribution in [0.4, 0.5) is 0 Å². The highest BCUT2D eigenvalue weighted by molar-refractivity contribution is 5.59. The summed E-state index contributed by atoms with van der Waals surface area (Å²) in [6.45, 7) is 4.47. The van der Waals surface area contributed by atoms with E-state index in [4.69, 9.17) is 23.7 Å². The van der Waals surface area contributed by atoms with Crippen molar-refractivity contribution in [3.8, 4) is 17.2 Å². The highest BCUT2D eigenvalue weighted by Crippen LogP contribution is 2.45. The molecule has 1 aromatic carbocycles. The van der Waals surface area contributed by atoms with Crippen molar-refractivity contribution in [3.05, 3.63) is 17.2 Å². The van der Waals surface area contributed by atoms with Gasteiger partial charge in [-0.05, 0) is 24.5 Å². The van der Waals surface area contributed by atoms with Gasteiger partial charge in [0.1, 0.15) is 6.79 Å². The van der Waals surface area contributed by atoms with E-state index in [-0.39, 0.29) is 12.9 Å². The number of hydrogen-bond donors (Lipinski definition) is 0. The first-order valence-electron chi connectivity index (χ1n) is 7.60. The summed E-state index contributed by atoms with van der Waals surface area (Å²) >= 11 is 0. The molecule has 0 bridgehead atoms. The van der Waals surface area contributed by atoms with Crippen molar-refractivity contribution in [3.63, 3.8) is 0 Å². The van der Waals surface area contributed by atoms with E-state index in [1.54, 1.807) is 28.4 Å². The molecule has 0 fully saturated rings. The molecule has 0 spiro atoms. The minimum Gasteiger partial charge on any atom is -0.493 e. The molecule has 1 rings (SSSR count). The van der Waals surface area contributed by atoms with Gasteiger partial charge in [0.05, 0.1) is 27.4 Å². The lowest BCUT2D eigenvalue weighted by Crippen LogP contribution is -2.11. The van der Waals surface area contributed by atoms with Crippen molar-refractivity contribution in [2.75, 3.05) is 35.2 Å². The van der Waals surface area contributed by atoms with Gasteiger partial charge in [-0.15, -0.1) is 0 Å². The summed E-state index contributed by atoms with van der Waals surface area (Å²) < 4.78 is 27.4. The van der Waals surface area contributed by atoms with E-state index in [0.717, 1.165) is 36.1 Å². The predicted octanol–water partition coefficient (Wildman–Crippen LogP) is 3.74. The van der Waals surface area contributed by atoms with Crippen LogP contribution in [0.15, 0.2) is 6.07 Å². The molecule has 5 heteroatoms. The van der Waals surface area contributed by atoms with E-state index >= 15 is 0 Å². The van der Waals surface area contributed by atoms with Crippen LogP contribution in [0.2, 0.25) is 0 Å². The fourth-order valence-electron chi connectivity index (χ4n) is 2.61. The van der Waals surface area contributed by atoms with Crippen LogP contribution in [-0.2, 0) is 15.9 Å². The van der Waals surface area contributed by atoms with Gasteiger partial charge in [-0.2, -0.15) is 0 Å². The minimum atomic E-state index is -0.0739. The Kier molecular flexibility index (Phi) is 8.06. The van der Waals surface area contributed by atoms with E-state index in [1.807, 2.05) is 6.07 Å². The second-order valence-corrected chi connectivity index (χ2v) is 4.93. The summed E-state index contributed by atoms with van der Waals surface area (Å²) in [7, 11) is 6.51. The third-order valence-corrected chi connectivity index (χ3v) is 3.57. The molecule has 0 amide bonds. The molecule has 0 aromatic heterocycles. The van der Waals surface area contributed by atoms with E-state index in [2.05, 4.69) is 13.8 Å². The van der Waals surface area contributed by atoms with Gasteiger partial charge in [-0.25, -0.2) is 0 Å². The molecule has 0 saturated carbocycles. The second-order valence-electron chi connectivity index (χ2n) is 4.93. The quantitative estimate of drug-likeness (QED) is 0.616. The van der Waals surface area contributed by atoms with E-state index in [1.165, 1.54) is 0 Å². The summed E-state index contributed by atoms with van der Waals surface area (Å²) in [5, 5.41) is 0. The highest BCUT2D eigenvalue weighted by atomic mass is 16.7. The SMILES string of the molecule is CCCc1c(C(CC)OCOC)cc(OC)c(OC)c1OC. The van der Waals surface area contributed by atoms with E-state index in [9.17, 15) is 0 Å². The van der Waals surface area contributed by atoms with Crippen LogP contribution in [0.1, 0.15) is 43.9 Å². The molecule has 0 radical (unpaired) electrons. The van der Waals surface area contributed by atoms with Crippen LogP contribution in [0.3, 0.4) is 0 Å². The predicted molar refractivity (Wildman–Crippen MR) is 86.1 cm³/mol. The number of benzene rings is 1. The first-order chi connectivity index (χ1) is 10.7. The van der Waals surface area contributed by atoms with Crippen LogP contribution >= 0.6 is 0 Å². The molecule has 0 aliphatic carbocycles. The van der Waals surface area contributed by atoms with E-state index < -0.39 is 0 Å². The Morgan fingerprint density at radius 1 is 0.955 bits per heavy atom. The fourth-order valence-corrected chi connectivity index (χ4v) is 2.61. The van der Waals surface area contributed by atoms with Crippen LogP contribution in [0, 0.1) is 0 Å². The molecule has 126 valence electrons. The van der Waals surface area contributed by atoms with Crippen LogP contribution in [0.5, 0.6) is 17.2 Å². The number of hydrogen-bond acceptors (Lipinski definition) is 5. The van der Waals surface area contributed by atoms with Crippen molar-refractivity contribution in [1.29, 1.82) is 0 Å². The Balaban J connectivity index is 3.45. The van der Waals surface area contributed by atoms with Crippen molar-refractivity contribution < 1.29 is 23.7 Å². The highest BCUT2D eigenvalue weighted by Gasteiger charge is 2.24. The Labute approximate surface area is 133 Å². The van der Waals surface area contributed by atoms with Gasteiger partial charge < -0.3 is 23.7 Å².